The lowest BCUT2D eigenvalue weighted by atomic mass is 10.1. The summed E-state index contributed by atoms with van der Waals surface area (Å²) in [4.78, 5) is 7.54. The molecule has 0 aliphatic heterocycles. The number of benzene rings is 1. The van der Waals surface area contributed by atoms with E-state index in [-0.39, 0.29) is 23.0 Å². The summed E-state index contributed by atoms with van der Waals surface area (Å²) in [5, 5.41) is 2.67. The maximum absolute atomic E-state index is 14.0. The van der Waals surface area contributed by atoms with Crippen molar-refractivity contribution in [3.63, 3.8) is 0 Å². The van der Waals surface area contributed by atoms with Gasteiger partial charge < -0.3 is 11.1 Å². The Morgan fingerprint density at radius 1 is 1.20 bits per heavy atom. The fraction of sp³-hybridized carbons (Fsp3) is 0.167. The van der Waals surface area contributed by atoms with Gasteiger partial charge in [0.1, 0.15) is 11.6 Å². The van der Waals surface area contributed by atoms with Gasteiger partial charge in [-0.2, -0.15) is 18.2 Å². The van der Waals surface area contributed by atoms with Crippen molar-refractivity contribution in [3.8, 4) is 11.3 Å². The SMILES string of the molecule is CNc1cc(-c2cccc(C(F)(F)F)c2F)nc(N)n1. The summed E-state index contributed by atoms with van der Waals surface area (Å²) >= 11 is 0. The lowest BCUT2D eigenvalue weighted by Crippen LogP contribution is -2.09. The normalized spacial score (nSPS) is 11.4. The summed E-state index contributed by atoms with van der Waals surface area (Å²) in [5.74, 6) is -1.27. The van der Waals surface area contributed by atoms with Gasteiger partial charge in [-0.1, -0.05) is 6.07 Å². The van der Waals surface area contributed by atoms with Crippen LogP contribution in [0.5, 0.6) is 0 Å². The summed E-state index contributed by atoms with van der Waals surface area (Å²) in [6.45, 7) is 0. The van der Waals surface area contributed by atoms with Crippen LogP contribution in [0.2, 0.25) is 0 Å². The molecule has 8 heteroatoms. The summed E-state index contributed by atoms with van der Waals surface area (Å²) in [6, 6.07) is 4.29. The minimum Gasteiger partial charge on any atom is -0.373 e. The number of nitrogen functional groups attached to an aromatic ring is 1. The third-order valence-electron chi connectivity index (χ3n) is 2.58. The van der Waals surface area contributed by atoms with E-state index >= 15 is 0 Å². The first-order valence-electron chi connectivity index (χ1n) is 5.51. The first kappa shape index (κ1) is 14.0. The van der Waals surface area contributed by atoms with Gasteiger partial charge in [-0.25, -0.2) is 9.37 Å². The number of nitrogens with zero attached hydrogens (tertiary/aromatic N) is 2. The second-order valence-corrected chi connectivity index (χ2v) is 3.91. The Morgan fingerprint density at radius 3 is 2.50 bits per heavy atom. The van der Waals surface area contributed by atoms with Gasteiger partial charge in [0.15, 0.2) is 0 Å². The highest BCUT2D eigenvalue weighted by Gasteiger charge is 2.35. The van der Waals surface area contributed by atoms with Crippen LogP contribution in [0.25, 0.3) is 11.3 Å². The molecule has 2 aromatic rings. The molecular formula is C12H10F4N4. The molecule has 0 fully saturated rings. The van der Waals surface area contributed by atoms with Crippen molar-refractivity contribution in [1.29, 1.82) is 0 Å². The molecule has 0 aliphatic carbocycles. The maximum atomic E-state index is 14.0. The Hall–Kier alpha value is -2.38. The minimum absolute atomic E-state index is 0.0227. The largest absolute Gasteiger partial charge is 0.419 e. The predicted molar refractivity (Wildman–Crippen MR) is 66.4 cm³/mol. The zero-order valence-electron chi connectivity index (χ0n) is 10.3. The van der Waals surface area contributed by atoms with Crippen molar-refractivity contribution >= 4 is 11.8 Å². The van der Waals surface area contributed by atoms with Crippen molar-refractivity contribution in [2.45, 2.75) is 6.18 Å². The Labute approximate surface area is 111 Å². The van der Waals surface area contributed by atoms with Gasteiger partial charge in [0, 0.05) is 18.7 Å². The topological polar surface area (TPSA) is 63.8 Å². The molecule has 0 amide bonds. The molecule has 4 nitrogen and oxygen atoms in total. The van der Waals surface area contributed by atoms with Crippen LogP contribution in [-0.2, 0) is 6.18 Å². The average molecular weight is 286 g/mol. The van der Waals surface area contributed by atoms with Crippen LogP contribution in [-0.4, -0.2) is 17.0 Å². The summed E-state index contributed by atoms with van der Waals surface area (Å²) in [7, 11) is 1.55. The first-order chi connectivity index (χ1) is 9.32. The lowest BCUT2D eigenvalue weighted by molar-refractivity contribution is -0.139. The van der Waals surface area contributed by atoms with E-state index in [1.165, 1.54) is 12.1 Å². The Balaban J connectivity index is 2.62. The number of nitrogens with one attached hydrogen (secondary N) is 1. The molecule has 106 valence electrons. The molecule has 0 atom stereocenters. The number of hydrogen-bond acceptors (Lipinski definition) is 4. The molecule has 0 bridgehead atoms. The van der Waals surface area contributed by atoms with Crippen LogP contribution in [0.1, 0.15) is 5.56 Å². The van der Waals surface area contributed by atoms with Crippen molar-refractivity contribution in [2.75, 3.05) is 18.1 Å². The highest BCUT2D eigenvalue weighted by atomic mass is 19.4. The molecule has 0 radical (unpaired) electrons. The summed E-state index contributed by atoms with van der Waals surface area (Å²) in [5.41, 5.74) is 3.78. The smallest absolute Gasteiger partial charge is 0.373 e. The molecule has 0 saturated carbocycles. The van der Waals surface area contributed by atoms with E-state index in [4.69, 9.17) is 5.73 Å². The van der Waals surface area contributed by atoms with E-state index in [2.05, 4.69) is 15.3 Å². The number of halogens is 4. The predicted octanol–water partition coefficient (Wildman–Crippen LogP) is 2.93. The number of alkyl halides is 3. The number of nitrogens with two attached hydrogens (primary N) is 1. The molecule has 0 saturated heterocycles. The number of hydrogen-bond donors (Lipinski definition) is 2. The molecule has 1 aromatic carbocycles. The number of anilines is 2. The van der Waals surface area contributed by atoms with Crippen molar-refractivity contribution < 1.29 is 17.6 Å². The number of rotatable bonds is 2. The Morgan fingerprint density at radius 2 is 1.90 bits per heavy atom. The molecule has 1 heterocycles. The quantitative estimate of drug-likeness (QED) is 0.833. The second kappa shape index (κ2) is 4.95. The zero-order valence-corrected chi connectivity index (χ0v) is 10.3. The van der Waals surface area contributed by atoms with Gasteiger partial charge >= 0.3 is 6.18 Å². The molecule has 0 aliphatic rings. The fourth-order valence-electron chi connectivity index (χ4n) is 1.68. The van der Waals surface area contributed by atoms with Gasteiger partial charge in [-0.05, 0) is 12.1 Å². The summed E-state index contributed by atoms with van der Waals surface area (Å²) in [6.07, 6.45) is -4.77. The van der Waals surface area contributed by atoms with Gasteiger partial charge in [0.2, 0.25) is 5.95 Å². The zero-order chi connectivity index (χ0) is 14.9. The molecule has 0 unspecified atom stereocenters. The second-order valence-electron chi connectivity index (χ2n) is 3.91. The molecule has 20 heavy (non-hydrogen) atoms. The third kappa shape index (κ3) is 2.63. The summed E-state index contributed by atoms with van der Waals surface area (Å²) < 4.78 is 52.0. The van der Waals surface area contributed by atoms with Crippen molar-refractivity contribution in [2.24, 2.45) is 0 Å². The fourth-order valence-corrected chi connectivity index (χ4v) is 1.68. The van der Waals surface area contributed by atoms with Crippen LogP contribution in [0.3, 0.4) is 0 Å². The van der Waals surface area contributed by atoms with Crippen molar-refractivity contribution in [1.82, 2.24) is 9.97 Å². The third-order valence-corrected chi connectivity index (χ3v) is 2.58. The molecular weight excluding hydrogens is 276 g/mol. The van der Waals surface area contributed by atoms with E-state index in [1.54, 1.807) is 7.05 Å². The van der Waals surface area contributed by atoms with Crippen LogP contribution >= 0.6 is 0 Å². The van der Waals surface area contributed by atoms with Gasteiger partial charge in [-0.3, -0.25) is 0 Å². The van der Waals surface area contributed by atoms with Crippen LogP contribution in [0, 0.1) is 5.82 Å². The first-order valence-corrected chi connectivity index (χ1v) is 5.51. The average Bonchev–Trinajstić information content (AvgIpc) is 2.36. The Bertz CT molecular complexity index is 640. The molecule has 3 N–H and O–H groups in total. The minimum atomic E-state index is -4.77. The van der Waals surface area contributed by atoms with Gasteiger partial charge in [0.25, 0.3) is 0 Å². The van der Waals surface area contributed by atoms with E-state index in [0.717, 1.165) is 6.07 Å². The van der Waals surface area contributed by atoms with E-state index < -0.39 is 17.6 Å². The van der Waals surface area contributed by atoms with E-state index in [9.17, 15) is 17.6 Å². The van der Waals surface area contributed by atoms with Gasteiger partial charge in [-0.15, -0.1) is 0 Å². The van der Waals surface area contributed by atoms with Gasteiger partial charge in [0.05, 0.1) is 11.3 Å². The highest BCUT2D eigenvalue weighted by Crippen LogP contribution is 2.35. The van der Waals surface area contributed by atoms with Crippen LogP contribution in [0.4, 0.5) is 29.3 Å². The molecule has 2 rings (SSSR count). The van der Waals surface area contributed by atoms with E-state index in [1.807, 2.05) is 0 Å². The van der Waals surface area contributed by atoms with Crippen LogP contribution in [0.15, 0.2) is 24.3 Å². The molecule has 1 aromatic heterocycles. The monoisotopic (exact) mass is 286 g/mol. The standard InChI is InChI=1S/C12H10F4N4/c1-18-9-5-8(19-11(17)20-9)6-3-2-4-7(10(6)13)12(14,15)16/h2-5H,1H3,(H3,17,18,19,20). The van der Waals surface area contributed by atoms with Crippen LogP contribution < -0.4 is 11.1 Å². The lowest BCUT2D eigenvalue weighted by Gasteiger charge is -2.11. The number of aromatic nitrogens is 2. The maximum Gasteiger partial charge on any atom is 0.419 e. The highest BCUT2D eigenvalue weighted by molar-refractivity contribution is 5.65. The van der Waals surface area contributed by atoms with E-state index in [0.29, 0.717) is 6.07 Å². The van der Waals surface area contributed by atoms with Crippen molar-refractivity contribution in [3.05, 3.63) is 35.6 Å². The molecule has 0 spiro atoms. The Kier molecular flexibility index (Phi) is 3.47.